The summed E-state index contributed by atoms with van der Waals surface area (Å²) in [5, 5.41) is 0. The molecule has 0 aromatic carbocycles. The van der Waals surface area contributed by atoms with E-state index < -0.39 is 0 Å². The maximum atomic E-state index is 11.7. The highest BCUT2D eigenvalue weighted by Gasteiger charge is 2.08. The van der Waals surface area contributed by atoms with Gasteiger partial charge in [0.25, 0.3) is 0 Å². The van der Waals surface area contributed by atoms with Gasteiger partial charge in [-0.05, 0) is 28.2 Å². The Bertz CT molecular complexity index is 235. The van der Waals surface area contributed by atoms with Crippen LogP contribution in [-0.4, -0.2) is 102 Å². The highest BCUT2D eigenvalue weighted by molar-refractivity contribution is 5.77. The maximum Gasteiger partial charge on any atom is 0.248 e. The van der Waals surface area contributed by atoms with Gasteiger partial charge in [0.1, 0.15) is 6.61 Å². The molecule has 0 aliphatic heterocycles. The van der Waals surface area contributed by atoms with Crippen molar-refractivity contribution in [3.8, 4) is 0 Å². The van der Waals surface area contributed by atoms with Gasteiger partial charge in [0.15, 0.2) is 0 Å². The fourth-order valence-corrected chi connectivity index (χ4v) is 1.19. The zero-order valence-corrected chi connectivity index (χ0v) is 13.0. The van der Waals surface area contributed by atoms with Gasteiger partial charge in [-0.25, -0.2) is 0 Å². The standard InChI is InChI=1S/C13H29N3O3/c1-14(2)6-9-18-11-8-16(5)13(17)12-19-10-7-15(3)4/h6-12H2,1-5H3. The summed E-state index contributed by atoms with van der Waals surface area (Å²) >= 11 is 0. The third-order valence-corrected chi connectivity index (χ3v) is 2.59. The molecule has 0 spiro atoms. The summed E-state index contributed by atoms with van der Waals surface area (Å²) < 4.78 is 10.7. The van der Waals surface area contributed by atoms with Crippen molar-refractivity contribution in [2.24, 2.45) is 0 Å². The SMILES string of the molecule is CN(C)CCOCCN(C)C(=O)COCCN(C)C. The zero-order chi connectivity index (χ0) is 14.7. The number of rotatable bonds is 11. The third-order valence-electron chi connectivity index (χ3n) is 2.59. The van der Waals surface area contributed by atoms with Crippen molar-refractivity contribution >= 4 is 5.91 Å². The summed E-state index contributed by atoms with van der Waals surface area (Å²) in [5.41, 5.74) is 0. The average molecular weight is 275 g/mol. The smallest absolute Gasteiger partial charge is 0.248 e. The van der Waals surface area contributed by atoms with E-state index in [0.717, 1.165) is 13.1 Å². The second kappa shape index (κ2) is 11.2. The molecule has 0 bridgehead atoms. The van der Waals surface area contributed by atoms with Crippen LogP contribution in [0.1, 0.15) is 0 Å². The average Bonchev–Trinajstić information content (AvgIpc) is 2.33. The van der Waals surface area contributed by atoms with Gasteiger partial charge in [-0.1, -0.05) is 0 Å². The molecule has 0 atom stereocenters. The van der Waals surface area contributed by atoms with E-state index in [4.69, 9.17) is 9.47 Å². The van der Waals surface area contributed by atoms with Crippen molar-refractivity contribution in [1.82, 2.24) is 14.7 Å². The van der Waals surface area contributed by atoms with E-state index in [1.807, 2.05) is 33.1 Å². The van der Waals surface area contributed by atoms with E-state index in [1.165, 1.54) is 0 Å². The fraction of sp³-hybridized carbons (Fsp3) is 0.923. The van der Waals surface area contributed by atoms with E-state index in [0.29, 0.717) is 26.4 Å². The highest BCUT2D eigenvalue weighted by atomic mass is 16.5. The van der Waals surface area contributed by atoms with Crippen LogP contribution < -0.4 is 0 Å². The molecule has 0 saturated heterocycles. The number of hydrogen-bond donors (Lipinski definition) is 0. The Morgan fingerprint density at radius 2 is 1.26 bits per heavy atom. The monoisotopic (exact) mass is 275 g/mol. The van der Waals surface area contributed by atoms with E-state index in [2.05, 4.69) is 4.90 Å². The number of amides is 1. The van der Waals surface area contributed by atoms with E-state index >= 15 is 0 Å². The molecule has 0 heterocycles. The van der Waals surface area contributed by atoms with Crippen molar-refractivity contribution in [3.05, 3.63) is 0 Å². The number of hydrogen-bond acceptors (Lipinski definition) is 5. The van der Waals surface area contributed by atoms with E-state index in [9.17, 15) is 4.79 Å². The van der Waals surface area contributed by atoms with Gasteiger partial charge < -0.3 is 24.2 Å². The first-order valence-electron chi connectivity index (χ1n) is 6.62. The minimum absolute atomic E-state index is 0.00466. The maximum absolute atomic E-state index is 11.7. The molecule has 0 radical (unpaired) electrons. The molecule has 0 N–H and O–H groups in total. The zero-order valence-electron chi connectivity index (χ0n) is 13.0. The van der Waals surface area contributed by atoms with Crippen LogP contribution in [0.25, 0.3) is 0 Å². The second-order valence-corrected chi connectivity index (χ2v) is 5.09. The number of carbonyl (C=O) groups excluding carboxylic acids is 1. The van der Waals surface area contributed by atoms with Gasteiger partial charge in [0.2, 0.25) is 5.91 Å². The largest absolute Gasteiger partial charge is 0.378 e. The number of nitrogens with zero attached hydrogens (tertiary/aromatic N) is 3. The molecule has 0 saturated carbocycles. The number of carbonyl (C=O) groups is 1. The van der Waals surface area contributed by atoms with Crippen molar-refractivity contribution < 1.29 is 14.3 Å². The van der Waals surface area contributed by atoms with Crippen LogP contribution in [0.15, 0.2) is 0 Å². The van der Waals surface area contributed by atoms with Gasteiger partial charge in [-0.3, -0.25) is 4.79 Å². The van der Waals surface area contributed by atoms with Crippen LogP contribution >= 0.6 is 0 Å². The molecule has 6 heteroatoms. The first-order valence-corrected chi connectivity index (χ1v) is 6.62. The quantitative estimate of drug-likeness (QED) is 0.480. The predicted molar refractivity (Wildman–Crippen MR) is 76.4 cm³/mol. The molecule has 0 aromatic heterocycles. The van der Waals surface area contributed by atoms with Gasteiger partial charge in [0.05, 0.1) is 19.8 Å². The van der Waals surface area contributed by atoms with Crippen molar-refractivity contribution in [1.29, 1.82) is 0 Å². The molecule has 0 aliphatic rings. The second-order valence-electron chi connectivity index (χ2n) is 5.09. The predicted octanol–water partition coefficient (Wildman–Crippen LogP) is -0.399. The Balaban J connectivity index is 3.48. The Morgan fingerprint density at radius 1 is 0.789 bits per heavy atom. The molecule has 19 heavy (non-hydrogen) atoms. The molecule has 0 aromatic rings. The van der Waals surface area contributed by atoms with Crippen LogP contribution in [0.3, 0.4) is 0 Å². The summed E-state index contributed by atoms with van der Waals surface area (Å²) in [6.45, 7) is 4.29. The Morgan fingerprint density at radius 3 is 1.79 bits per heavy atom. The van der Waals surface area contributed by atoms with Crippen molar-refractivity contribution in [2.45, 2.75) is 0 Å². The molecule has 1 amide bonds. The summed E-state index contributed by atoms with van der Waals surface area (Å²) in [6, 6.07) is 0. The lowest BCUT2D eigenvalue weighted by molar-refractivity contribution is -0.135. The van der Waals surface area contributed by atoms with Crippen molar-refractivity contribution in [3.63, 3.8) is 0 Å². The fourth-order valence-electron chi connectivity index (χ4n) is 1.19. The number of ether oxygens (including phenoxy) is 2. The summed E-state index contributed by atoms with van der Waals surface area (Å²) in [5.74, 6) is -0.00466. The Labute approximate surface area is 117 Å². The lowest BCUT2D eigenvalue weighted by Crippen LogP contribution is -2.34. The Hall–Kier alpha value is -0.690. The molecule has 0 rings (SSSR count). The summed E-state index contributed by atoms with van der Waals surface area (Å²) in [7, 11) is 9.73. The van der Waals surface area contributed by atoms with Crippen LogP contribution in [-0.2, 0) is 14.3 Å². The van der Waals surface area contributed by atoms with Crippen LogP contribution in [0.5, 0.6) is 0 Å². The topological polar surface area (TPSA) is 45.3 Å². The minimum atomic E-state index is -0.00466. The normalized spacial score (nSPS) is 11.3. The van der Waals surface area contributed by atoms with Crippen LogP contribution in [0.4, 0.5) is 0 Å². The highest BCUT2D eigenvalue weighted by Crippen LogP contribution is 1.89. The summed E-state index contributed by atoms with van der Waals surface area (Å²) in [6.07, 6.45) is 0. The molecule has 114 valence electrons. The molecule has 0 fully saturated rings. The van der Waals surface area contributed by atoms with Gasteiger partial charge in [0, 0.05) is 26.7 Å². The summed E-state index contributed by atoms with van der Waals surface area (Å²) in [4.78, 5) is 17.4. The third kappa shape index (κ3) is 12.1. The number of likely N-dealkylation sites (N-methyl/N-ethyl adjacent to an activating group) is 3. The van der Waals surface area contributed by atoms with Gasteiger partial charge >= 0.3 is 0 Å². The molecule has 0 unspecified atom stereocenters. The lowest BCUT2D eigenvalue weighted by atomic mass is 10.5. The Kier molecular flexibility index (Phi) is 10.8. The molecule has 0 aliphatic carbocycles. The van der Waals surface area contributed by atoms with Gasteiger partial charge in [-0.15, -0.1) is 0 Å². The van der Waals surface area contributed by atoms with Gasteiger partial charge in [-0.2, -0.15) is 0 Å². The first-order chi connectivity index (χ1) is 8.93. The van der Waals surface area contributed by atoms with Crippen LogP contribution in [0.2, 0.25) is 0 Å². The lowest BCUT2D eigenvalue weighted by Gasteiger charge is -2.18. The first kappa shape index (κ1) is 18.3. The van der Waals surface area contributed by atoms with Crippen LogP contribution in [0, 0.1) is 0 Å². The molecular weight excluding hydrogens is 246 g/mol. The van der Waals surface area contributed by atoms with E-state index in [1.54, 1.807) is 11.9 Å². The van der Waals surface area contributed by atoms with E-state index in [-0.39, 0.29) is 12.5 Å². The minimum Gasteiger partial charge on any atom is -0.378 e. The van der Waals surface area contributed by atoms with Crippen molar-refractivity contribution in [2.75, 3.05) is 81.3 Å². The molecule has 6 nitrogen and oxygen atoms in total. The molecular formula is C13H29N3O3.